The van der Waals surface area contributed by atoms with E-state index in [1.54, 1.807) is 6.07 Å². The predicted octanol–water partition coefficient (Wildman–Crippen LogP) is 1.99. The molecule has 0 radical (unpaired) electrons. The van der Waals surface area contributed by atoms with Gasteiger partial charge >= 0.3 is 5.97 Å². The Bertz CT molecular complexity index is 456. The number of aromatic carboxylic acids is 1. The number of nitrogens with zero attached hydrogens (tertiary/aromatic N) is 2. The van der Waals surface area contributed by atoms with Crippen LogP contribution in [0.3, 0.4) is 0 Å². The minimum Gasteiger partial charge on any atom is -0.477 e. The van der Waals surface area contributed by atoms with Gasteiger partial charge in [0.15, 0.2) is 11.5 Å². The van der Waals surface area contributed by atoms with E-state index in [4.69, 9.17) is 10.8 Å². The molecule has 0 bridgehead atoms. The fourth-order valence-electron chi connectivity index (χ4n) is 1.93. The van der Waals surface area contributed by atoms with Crippen LogP contribution in [0.5, 0.6) is 0 Å². The molecule has 1 aromatic heterocycles. The van der Waals surface area contributed by atoms with Crippen molar-refractivity contribution in [1.29, 1.82) is 0 Å². The number of hydrogen-bond acceptors (Lipinski definition) is 4. The highest BCUT2D eigenvalue weighted by Gasteiger charge is 2.27. The van der Waals surface area contributed by atoms with Gasteiger partial charge < -0.3 is 15.7 Å². The second-order valence-electron chi connectivity index (χ2n) is 5.10. The Balaban J connectivity index is 2.32. The molecule has 0 atom stereocenters. The van der Waals surface area contributed by atoms with Crippen LogP contribution in [0.1, 0.15) is 37.2 Å². The number of rotatable bonds is 5. The van der Waals surface area contributed by atoms with E-state index >= 15 is 0 Å². The van der Waals surface area contributed by atoms with Gasteiger partial charge in [-0.25, -0.2) is 9.78 Å². The predicted molar refractivity (Wildman–Crippen MR) is 70.8 cm³/mol. The summed E-state index contributed by atoms with van der Waals surface area (Å²) in [6.07, 6.45) is 2.48. The van der Waals surface area contributed by atoms with Crippen molar-refractivity contribution in [2.75, 3.05) is 17.2 Å². The average Bonchev–Trinajstić information content (AvgIpc) is 3.10. The molecule has 5 nitrogen and oxygen atoms in total. The van der Waals surface area contributed by atoms with E-state index in [1.165, 1.54) is 18.9 Å². The highest BCUT2D eigenvalue weighted by atomic mass is 16.4. The lowest BCUT2D eigenvalue weighted by Gasteiger charge is -2.29. The van der Waals surface area contributed by atoms with Crippen molar-refractivity contribution >= 4 is 17.5 Å². The smallest absolute Gasteiger partial charge is 0.354 e. The van der Waals surface area contributed by atoms with E-state index in [0.717, 1.165) is 6.54 Å². The Kier molecular flexibility index (Phi) is 3.41. The standard InChI is InChI=1S/C13H19N3O2/c1-8(2)16(7-9-3-4-9)12-10(14)5-6-11(15-12)13(17)18/h5-6,8-9H,3-4,7,14H2,1-2H3,(H,17,18). The maximum absolute atomic E-state index is 11.0. The molecular formula is C13H19N3O2. The first-order valence-electron chi connectivity index (χ1n) is 6.25. The van der Waals surface area contributed by atoms with Gasteiger partial charge in [-0.05, 0) is 44.7 Å². The molecule has 1 saturated carbocycles. The topological polar surface area (TPSA) is 79.5 Å². The maximum Gasteiger partial charge on any atom is 0.354 e. The van der Waals surface area contributed by atoms with Crippen molar-refractivity contribution in [2.45, 2.75) is 32.7 Å². The molecule has 5 heteroatoms. The van der Waals surface area contributed by atoms with Crippen LogP contribution in [0.2, 0.25) is 0 Å². The lowest BCUT2D eigenvalue weighted by Crippen LogP contribution is -2.34. The van der Waals surface area contributed by atoms with Crippen LogP contribution in [-0.4, -0.2) is 28.6 Å². The molecule has 0 aromatic carbocycles. The van der Waals surface area contributed by atoms with E-state index < -0.39 is 5.97 Å². The van der Waals surface area contributed by atoms with Gasteiger partial charge in [0.25, 0.3) is 0 Å². The molecule has 0 aliphatic heterocycles. The summed E-state index contributed by atoms with van der Waals surface area (Å²) < 4.78 is 0. The molecule has 0 amide bonds. The zero-order valence-corrected chi connectivity index (χ0v) is 10.8. The number of carboxylic acids is 1. The molecule has 18 heavy (non-hydrogen) atoms. The molecule has 1 heterocycles. The van der Waals surface area contributed by atoms with Gasteiger partial charge in [-0.1, -0.05) is 0 Å². The molecular weight excluding hydrogens is 230 g/mol. The van der Waals surface area contributed by atoms with E-state index in [-0.39, 0.29) is 11.7 Å². The first-order chi connectivity index (χ1) is 8.49. The Morgan fingerprint density at radius 2 is 2.22 bits per heavy atom. The quantitative estimate of drug-likeness (QED) is 0.834. The van der Waals surface area contributed by atoms with Gasteiger partial charge in [-0.3, -0.25) is 0 Å². The van der Waals surface area contributed by atoms with Crippen molar-refractivity contribution in [3.05, 3.63) is 17.8 Å². The molecule has 2 rings (SSSR count). The molecule has 1 aliphatic rings. The first kappa shape index (κ1) is 12.7. The summed E-state index contributed by atoms with van der Waals surface area (Å²) in [7, 11) is 0. The lowest BCUT2D eigenvalue weighted by molar-refractivity contribution is 0.0690. The zero-order chi connectivity index (χ0) is 13.3. The Labute approximate surface area is 107 Å². The third kappa shape index (κ3) is 2.72. The van der Waals surface area contributed by atoms with E-state index in [2.05, 4.69) is 23.7 Å². The van der Waals surface area contributed by atoms with Gasteiger partial charge in [0.2, 0.25) is 0 Å². The van der Waals surface area contributed by atoms with Gasteiger partial charge in [-0.2, -0.15) is 0 Å². The summed E-state index contributed by atoms with van der Waals surface area (Å²) in [5, 5.41) is 8.99. The maximum atomic E-state index is 11.0. The normalized spacial score (nSPS) is 14.8. The fourth-order valence-corrected chi connectivity index (χ4v) is 1.93. The van der Waals surface area contributed by atoms with Crippen molar-refractivity contribution < 1.29 is 9.90 Å². The molecule has 1 fully saturated rings. The average molecular weight is 249 g/mol. The van der Waals surface area contributed by atoms with Gasteiger partial charge in [0.1, 0.15) is 0 Å². The number of carboxylic acid groups (broad SMARTS) is 1. The van der Waals surface area contributed by atoms with Crippen molar-refractivity contribution in [3.63, 3.8) is 0 Å². The molecule has 98 valence electrons. The lowest BCUT2D eigenvalue weighted by atomic mass is 10.2. The summed E-state index contributed by atoms with van der Waals surface area (Å²) in [4.78, 5) is 17.2. The number of carbonyl (C=O) groups is 1. The van der Waals surface area contributed by atoms with E-state index in [0.29, 0.717) is 17.4 Å². The van der Waals surface area contributed by atoms with Gasteiger partial charge in [0, 0.05) is 12.6 Å². The SMILES string of the molecule is CC(C)N(CC1CC1)c1nc(C(=O)O)ccc1N. The second kappa shape index (κ2) is 4.84. The summed E-state index contributed by atoms with van der Waals surface area (Å²) in [5.41, 5.74) is 6.51. The summed E-state index contributed by atoms with van der Waals surface area (Å²) >= 11 is 0. The monoisotopic (exact) mass is 249 g/mol. The Hall–Kier alpha value is -1.78. The zero-order valence-electron chi connectivity index (χ0n) is 10.8. The van der Waals surface area contributed by atoms with E-state index in [1.807, 2.05) is 0 Å². The minimum absolute atomic E-state index is 0.0423. The Morgan fingerprint density at radius 3 is 2.72 bits per heavy atom. The number of nitrogen functional groups attached to an aromatic ring is 1. The number of anilines is 2. The van der Waals surface area contributed by atoms with Gasteiger partial charge in [-0.15, -0.1) is 0 Å². The minimum atomic E-state index is -1.02. The van der Waals surface area contributed by atoms with Crippen LogP contribution in [0.15, 0.2) is 12.1 Å². The fraction of sp³-hybridized carbons (Fsp3) is 0.538. The Morgan fingerprint density at radius 1 is 1.56 bits per heavy atom. The number of pyridine rings is 1. The number of aromatic nitrogens is 1. The van der Waals surface area contributed by atoms with Crippen LogP contribution in [-0.2, 0) is 0 Å². The van der Waals surface area contributed by atoms with Crippen LogP contribution in [0.4, 0.5) is 11.5 Å². The van der Waals surface area contributed by atoms with Crippen LogP contribution < -0.4 is 10.6 Å². The summed E-state index contributed by atoms with van der Waals surface area (Å²) in [6.45, 7) is 5.03. The summed E-state index contributed by atoms with van der Waals surface area (Å²) in [6, 6.07) is 3.31. The van der Waals surface area contributed by atoms with Crippen LogP contribution in [0, 0.1) is 5.92 Å². The molecule has 1 aromatic rings. The number of nitrogens with two attached hydrogens (primary N) is 1. The largest absolute Gasteiger partial charge is 0.477 e. The highest BCUT2D eigenvalue weighted by Crippen LogP contribution is 2.33. The van der Waals surface area contributed by atoms with Crippen molar-refractivity contribution in [3.8, 4) is 0 Å². The van der Waals surface area contributed by atoms with Crippen LogP contribution >= 0.6 is 0 Å². The molecule has 1 aliphatic carbocycles. The van der Waals surface area contributed by atoms with Crippen molar-refractivity contribution in [2.24, 2.45) is 5.92 Å². The molecule has 3 N–H and O–H groups in total. The first-order valence-corrected chi connectivity index (χ1v) is 6.25. The van der Waals surface area contributed by atoms with Gasteiger partial charge in [0.05, 0.1) is 5.69 Å². The van der Waals surface area contributed by atoms with E-state index in [9.17, 15) is 4.79 Å². The van der Waals surface area contributed by atoms with Crippen molar-refractivity contribution in [1.82, 2.24) is 4.98 Å². The highest BCUT2D eigenvalue weighted by molar-refractivity contribution is 5.87. The molecule has 0 unspecified atom stereocenters. The second-order valence-corrected chi connectivity index (χ2v) is 5.10. The molecule has 0 spiro atoms. The number of hydrogen-bond donors (Lipinski definition) is 2. The third-order valence-corrected chi connectivity index (χ3v) is 3.17. The third-order valence-electron chi connectivity index (χ3n) is 3.17. The van der Waals surface area contributed by atoms with Crippen LogP contribution in [0.25, 0.3) is 0 Å². The molecule has 0 saturated heterocycles. The summed E-state index contributed by atoms with van der Waals surface area (Å²) in [5.74, 6) is 0.269.